The molecule has 86 valence electrons. The highest BCUT2D eigenvalue weighted by atomic mass is 16.5. The van der Waals surface area contributed by atoms with Crippen LogP contribution in [0.25, 0.3) is 0 Å². The molecule has 2 rings (SSSR count). The van der Waals surface area contributed by atoms with Gasteiger partial charge in [-0.15, -0.1) is 0 Å². The molecule has 0 radical (unpaired) electrons. The highest BCUT2D eigenvalue weighted by Gasteiger charge is 2.40. The topological polar surface area (TPSA) is 9.23 Å². The van der Waals surface area contributed by atoms with Crippen molar-refractivity contribution >= 4 is 0 Å². The van der Waals surface area contributed by atoms with Gasteiger partial charge in [0.05, 0.1) is 5.76 Å². The largest absolute Gasteiger partial charge is 0.494 e. The third-order valence-corrected chi connectivity index (χ3v) is 4.08. The molecule has 0 spiro atoms. The van der Waals surface area contributed by atoms with Crippen molar-refractivity contribution < 1.29 is 4.74 Å². The minimum atomic E-state index is 0.341. The number of ether oxygens (including phenoxy) is 1. The van der Waals surface area contributed by atoms with Crippen molar-refractivity contribution in [3.8, 4) is 0 Å². The minimum absolute atomic E-state index is 0.341. The molecule has 0 amide bonds. The second kappa shape index (κ2) is 4.19. The first-order valence-corrected chi connectivity index (χ1v) is 6.49. The van der Waals surface area contributed by atoms with Gasteiger partial charge in [-0.3, -0.25) is 0 Å². The standard InChI is InChI=1S/C14H24O/c1-4-12-9-10-14(2,3)13(15-12)11-7-5-6-8-11/h9,11,13H,4-8,10H2,1-3H3. The van der Waals surface area contributed by atoms with E-state index in [9.17, 15) is 0 Å². The summed E-state index contributed by atoms with van der Waals surface area (Å²) >= 11 is 0. The average molecular weight is 208 g/mol. The Morgan fingerprint density at radius 1 is 1.33 bits per heavy atom. The number of allylic oxidation sites excluding steroid dienone is 2. The summed E-state index contributed by atoms with van der Waals surface area (Å²) in [5, 5.41) is 0. The lowest BCUT2D eigenvalue weighted by atomic mass is 9.75. The molecule has 0 aromatic carbocycles. The van der Waals surface area contributed by atoms with Gasteiger partial charge in [0.25, 0.3) is 0 Å². The van der Waals surface area contributed by atoms with Crippen LogP contribution in [0, 0.1) is 11.3 Å². The van der Waals surface area contributed by atoms with Gasteiger partial charge in [-0.1, -0.05) is 33.6 Å². The maximum Gasteiger partial charge on any atom is 0.106 e. The van der Waals surface area contributed by atoms with Crippen LogP contribution in [0.3, 0.4) is 0 Å². The normalized spacial score (nSPS) is 31.1. The monoisotopic (exact) mass is 208 g/mol. The first kappa shape index (κ1) is 11.0. The molecule has 1 aliphatic heterocycles. The molecule has 1 nitrogen and oxygen atoms in total. The summed E-state index contributed by atoms with van der Waals surface area (Å²) in [5.74, 6) is 2.04. The van der Waals surface area contributed by atoms with Crippen molar-refractivity contribution in [3.05, 3.63) is 11.8 Å². The fourth-order valence-corrected chi connectivity index (χ4v) is 3.09. The summed E-state index contributed by atoms with van der Waals surface area (Å²) in [4.78, 5) is 0. The Labute approximate surface area is 93.9 Å². The molecule has 0 N–H and O–H groups in total. The van der Waals surface area contributed by atoms with Crippen LogP contribution in [0.1, 0.15) is 59.3 Å². The van der Waals surface area contributed by atoms with E-state index >= 15 is 0 Å². The van der Waals surface area contributed by atoms with Crippen LogP contribution < -0.4 is 0 Å². The number of hydrogen-bond donors (Lipinski definition) is 0. The zero-order chi connectivity index (χ0) is 10.9. The molecule has 0 aromatic heterocycles. The van der Waals surface area contributed by atoms with Gasteiger partial charge in [-0.25, -0.2) is 0 Å². The Hall–Kier alpha value is -0.460. The molecule has 0 bridgehead atoms. The Balaban J connectivity index is 2.10. The van der Waals surface area contributed by atoms with Gasteiger partial charge < -0.3 is 4.74 Å². The molecule has 2 aliphatic rings. The van der Waals surface area contributed by atoms with E-state index in [1.807, 2.05) is 0 Å². The quantitative estimate of drug-likeness (QED) is 0.658. The lowest BCUT2D eigenvalue weighted by molar-refractivity contribution is -0.0397. The van der Waals surface area contributed by atoms with E-state index in [0.29, 0.717) is 11.5 Å². The molecule has 0 aromatic rings. The first-order valence-electron chi connectivity index (χ1n) is 6.49. The highest BCUT2D eigenvalue weighted by Crippen LogP contribution is 2.43. The molecule has 1 unspecified atom stereocenters. The van der Waals surface area contributed by atoms with Crippen molar-refractivity contribution in [2.24, 2.45) is 11.3 Å². The summed E-state index contributed by atoms with van der Waals surface area (Å²) in [6.45, 7) is 6.91. The lowest BCUT2D eigenvalue weighted by Crippen LogP contribution is -2.39. The molecule has 1 heteroatoms. The fourth-order valence-electron chi connectivity index (χ4n) is 3.09. The van der Waals surface area contributed by atoms with Crippen LogP contribution in [-0.2, 0) is 4.74 Å². The molecule has 1 atom stereocenters. The van der Waals surface area contributed by atoms with E-state index < -0.39 is 0 Å². The smallest absolute Gasteiger partial charge is 0.106 e. The van der Waals surface area contributed by atoms with Crippen molar-refractivity contribution in [2.45, 2.75) is 65.4 Å². The molecule has 1 fully saturated rings. The summed E-state index contributed by atoms with van der Waals surface area (Å²) in [6, 6.07) is 0. The van der Waals surface area contributed by atoms with Crippen LogP contribution in [0.2, 0.25) is 0 Å². The summed E-state index contributed by atoms with van der Waals surface area (Å²) in [5.41, 5.74) is 0.341. The van der Waals surface area contributed by atoms with E-state index in [1.54, 1.807) is 0 Å². The molecular weight excluding hydrogens is 184 g/mol. The Morgan fingerprint density at radius 2 is 2.00 bits per heavy atom. The predicted octanol–water partition coefficient (Wildman–Crippen LogP) is 4.29. The van der Waals surface area contributed by atoms with Crippen molar-refractivity contribution in [1.82, 2.24) is 0 Å². The highest BCUT2D eigenvalue weighted by molar-refractivity contribution is 5.05. The Kier molecular flexibility index (Phi) is 3.08. The molecule has 1 saturated carbocycles. The summed E-state index contributed by atoms with van der Waals surface area (Å²) in [7, 11) is 0. The van der Waals surface area contributed by atoms with Gasteiger partial charge >= 0.3 is 0 Å². The lowest BCUT2D eigenvalue weighted by Gasteiger charge is -2.41. The van der Waals surface area contributed by atoms with Crippen LogP contribution in [0.15, 0.2) is 11.8 Å². The number of rotatable bonds is 2. The molecular formula is C14H24O. The maximum atomic E-state index is 6.20. The maximum absolute atomic E-state index is 6.20. The Bertz CT molecular complexity index is 246. The van der Waals surface area contributed by atoms with Gasteiger partial charge in [-0.05, 0) is 31.3 Å². The van der Waals surface area contributed by atoms with Crippen molar-refractivity contribution in [3.63, 3.8) is 0 Å². The third-order valence-electron chi connectivity index (χ3n) is 4.08. The van der Waals surface area contributed by atoms with E-state index in [1.165, 1.54) is 37.9 Å². The zero-order valence-corrected chi connectivity index (χ0v) is 10.4. The van der Waals surface area contributed by atoms with E-state index in [2.05, 4.69) is 26.8 Å². The molecule has 0 saturated heterocycles. The van der Waals surface area contributed by atoms with Gasteiger partial charge in [-0.2, -0.15) is 0 Å². The van der Waals surface area contributed by atoms with E-state index in [4.69, 9.17) is 4.74 Å². The Morgan fingerprint density at radius 3 is 2.60 bits per heavy atom. The average Bonchev–Trinajstić information content (AvgIpc) is 2.70. The first-order chi connectivity index (χ1) is 7.13. The van der Waals surface area contributed by atoms with Crippen molar-refractivity contribution in [2.75, 3.05) is 0 Å². The van der Waals surface area contributed by atoms with Gasteiger partial charge in [0.1, 0.15) is 6.10 Å². The van der Waals surface area contributed by atoms with Crippen molar-refractivity contribution in [1.29, 1.82) is 0 Å². The number of hydrogen-bond acceptors (Lipinski definition) is 1. The van der Waals surface area contributed by atoms with Gasteiger partial charge in [0.15, 0.2) is 0 Å². The van der Waals surface area contributed by atoms with Crippen LogP contribution in [-0.4, -0.2) is 6.10 Å². The third kappa shape index (κ3) is 2.21. The molecule has 15 heavy (non-hydrogen) atoms. The molecule has 1 aliphatic carbocycles. The minimum Gasteiger partial charge on any atom is -0.494 e. The zero-order valence-electron chi connectivity index (χ0n) is 10.4. The fraction of sp³-hybridized carbons (Fsp3) is 0.857. The van der Waals surface area contributed by atoms with Crippen LogP contribution >= 0.6 is 0 Å². The van der Waals surface area contributed by atoms with E-state index in [0.717, 1.165) is 12.3 Å². The van der Waals surface area contributed by atoms with Gasteiger partial charge in [0.2, 0.25) is 0 Å². The predicted molar refractivity (Wildman–Crippen MR) is 63.6 cm³/mol. The van der Waals surface area contributed by atoms with Crippen LogP contribution in [0.5, 0.6) is 0 Å². The van der Waals surface area contributed by atoms with E-state index in [-0.39, 0.29) is 0 Å². The van der Waals surface area contributed by atoms with Gasteiger partial charge in [0, 0.05) is 11.8 Å². The van der Waals surface area contributed by atoms with Crippen LogP contribution in [0.4, 0.5) is 0 Å². The summed E-state index contributed by atoms with van der Waals surface area (Å²) < 4.78 is 6.20. The SMILES string of the molecule is CCC1=CCC(C)(C)C(C2CCCC2)O1. The molecule has 1 heterocycles. The second-order valence-corrected chi connectivity index (χ2v) is 5.80. The summed E-state index contributed by atoms with van der Waals surface area (Å²) in [6.07, 6.45) is 10.6. The second-order valence-electron chi connectivity index (χ2n) is 5.80.